The topological polar surface area (TPSA) is 87.5 Å². The lowest BCUT2D eigenvalue weighted by molar-refractivity contribution is 0.132. The Hall–Kier alpha value is -1.10. The van der Waals surface area contributed by atoms with Crippen molar-refractivity contribution in [3.05, 3.63) is 5.82 Å². The minimum Gasteiger partial charge on any atom is -0.291 e. The highest BCUT2D eigenvalue weighted by Crippen LogP contribution is 2.36. The first kappa shape index (κ1) is 19.2. The van der Waals surface area contributed by atoms with Crippen molar-refractivity contribution in [1.82, 2.24) is 33.7 Å². The van der Waals surface area contributed by atoms with E-state index in [1.54, 1.807) is 15.7 Å². The molecule has 2 saturated carbocycles. The maximum Gasteiger partial charge on any atom is 0.282 e. The summed E-state index contributed by atoms with van der Waals surface area (Å²) in [6.07, 6.45) is 7.74. The SMILES string of the molecule is CC(c1nnnn1C1CC1)N1CCN(S(=O)(=O)N(C)C2CCCCC2)CC1. The zero-order chi connectivity index (χ0) is 19.0. The summed E-state index contributed by atoms with van der Waals surface area (Å²) in [5, 5.41) is 12.2. The summed E-state index contributed by atoms with van der Waals surface area (Å²) in [7, 11) is -1.63. The van der Waals surface area contributed by atoms with Gasteiger partial charge in [-0.1, -0.05) is 19.3 Å². The van der Waals surface area contributed by atoms with Crippen molar-refractivity contribution in [1.29, 1.82) is 0 Å². The summed E-state index contributed by atoms with van der Waals surface area (Å²) in [5.74, 6) is 0.896. The van der Waals surface area contributed by atoms with Gasteiger partial charge in [-0.15, -0.1) is 5.10 Å². The molecule has 152 valence electrons. The normalized spacial score (nSPS) is 25.1. The Kier molecular flexibility index (Phi) is 5.50. The van der Waals surface area contributed by atoms with E-state index in [1.165, 1.54) is 6.42 Å². The molecule has 0 radical (unpaired) electrons. The molecule has 3 fully saturated rings. The minimum absolute atomic E-state index is 0.0986. The molecule has 27 heavy (non-hydrogen) atoms. The summed E-state index contributed by atoms with van der Waals surface area (Å²) in [6, 6.07) is 0.702. The van der Waals surface area contributed by atoms with Crippen molar-refractivity contribution in [2.75, 3.05) is 33.2 Å². The van der Waals surface area contributed by atoms with Crippen molar-refractivity contribution >= 4 is 10.2 Å². The van der Waals surface area contributed by atoms with Gasteiger partial charge in [0, 0.05) is 39.3 Å². The first-order valence-electron chi connectivity index (χ1n) is 10.2. The predicted octanol–water partition coefficient (Wildman–Crippen LogP) is 1.20. The second-order valence-electron chi connectivity index (χ2n) is 8.14. The van der Waals surface area contributed by atoms with Gasteiger partial charge in [0.2, 0.25) is 0 Å². The average molecular weight is 398 g/mol. The van der Waals surface area contributed by atoms with E-state index in [0.717, 1.165) is 44.3 Å². The predicted molar refractivity (Wildman–Crippen MR) is 101 cm³/mol. The van der Waals surface area contributed by atoms with Crippen molar-refractivity contribution in [2.45, 2.75) is 70.0 Å². The Morgan fingerprint density at radius 1 is 1.04 bits per heavy atom. The Balaban J connectivity index is 1.37. The number of rotatable bonds is 6. The molecule has 0 spiro atoms. The molecule has 0 aromatic carbocycles. The maximum absolute atomic E-state index is 13.0. The zero-order valence-electron chi connectivity index (χ0n) is 16.4. The van der Waals surface area contributed by atoms with Crippen LogP contribution < -0.4 is 0 Å². The molecule has 0 bridgehead atoms. The van der Waals surface area contributed by atoms with Gasteiger partial charge in [0.15, 0.2) is 5.82 Å². The Labute approximate surface area is 161 Å². The van der Waals surface area contributed by atoms with Gasteiger partial charge in [-0.3, -0.25) is 4.90 Å². The fourth-order valence-electron chi connectivity index (χ4n) is 4.35. The van der Waals surface area contributed by atoms with Gasteiger partial charge >= 0.3 is 0 Å². The molecule has 1 saturated heterocycles. The van der Waals surface area contributed by atoms with Gasteiger partial charge in [-0.2, -0.15) is 17.0 Å². The van der Waals surface area contributed by atoms with E-state index >= 15 is 0 Å². The fourth-order valence-corrected chi connectivity index (χ4v) is 5.93. The second kappa shape index (κ2) is 7.73. The van der Waals surface area contributed by atoms with E-state index < -0.39 is 10.2 Å². The molecule has 10 heteroatoms. The quantitative estimate of drug-likeness (QED) is 0.717. The first-order chi connectivity index (χ1) is 13.0. The van der Waals surface area contributed by atoms with Crippen LogP contribution in [0, 0.1) is 0 Å². The van der Waals surface area contributed by atoms with Crippen LogP contribution in [0.1, 0.15) is 69.8 Å². The van der Waals surface area contributed by atoms with E-state index in [-0.39, 0.29) is 12.1 Å². The molecule has 1 aromatic rings. The van der Waals surface area contributed by atoms with Crippen molar-refractivity contribution in [3.8, 4) is 0 Å². The molecule has 1 aliphatic heterocycles. The highest BCUT2D eigenvalue weighted by atomic mass is 32.2. The van der Waals surface area contributed by atoms with E-state index in [0.29, 0.717) is 32.2 Å². The van der Waals surface area contributed by atoms with Crippen molar-refractivity contribution in [3.63, 3.8) is 0 Å². The number of aromatic nitrogens is 4. The summed E-state index contributed by atoms with van der Waals surface area (Å²) in [5.41, 5.74) is 0. The summed E-state index contributed by atoms with van der Waals surface area (Å²) in [4.78, 5) is 2.29. The third-order valence-electron chi connectivity index (χ3n) is 6.38. The van der Waals surface area contributed by atoms with Crippen LogP contribution in [-0.2, 0) is 10.2 Å². The first-order valence-corrected chi connectivity index (χ1v) is 11.6. The molecule has 2 aliphatic carbocycles. The van der Waals surface area contributed by atoms with E-state index in [2.05, 4.69) is 27.3 Å². The fraction of sp³-hybridized carbons (Fsp3) is 0.941. The van der Waals surface area contributed by atoms with Gasteiger partial charge in [-0.05, 0) is 43.0 Å². The van der Waals surface area contributed by atoms with Gasteiger partial charge in [0.05, 0.1) is 12.1 Å². The summed E-state index contributed by atoms with van der Waals surface area (Å²) < 4.78 is 31.3. The van der Waals surface area contributed by atoms with Crippen LogP contribution in [-0.4, -0.2) is 81.4 Å². The van der Waals surface area contributed by atoms with E-state index in [9.17, 15) is 8.42 Å². The molecule has 3 aliphatic rings. The number of hydrogen-bond acceptors (Lipinski definition) is 6. The maximum atomic E-state index is 13.0. The van der Waals surface area contributed by atoms with Gasteiger partial charge in [0.25, 0.3) is 10.2 Å². The average Bonchev–Trinajstić information content (AvgIpc) is 3.44. The van der Waals surface area contributed by atoms with E-state index in [4.69, 9.17) is 0 Å². The molecule has 1 atom stereocenters. The third-order valence-corrected chi connectivity index (χ3v) is 8.43. The van der Waals surface area contributed by atoms with Crippen LogP contribution in [0.5, 0.6) is 0 Å². The zero-order valence-corrected chi connectivity index (χ0v) is 17.2. The number of tetrazole rings is 1. The van der Waals surface area contributed by atoms with Crippen LogP contribution in [0.3, 0.4) is 0 Å². The third kappa shape index (κ3) is 3.90. The van der Waals surface area contributed by atoms with E-state index in [1.807, 2.05) is 4.68 Å². The Morgan fingerprint density at radius 3 is 2.33 bits per heavy atom. The molecule has 1 unspecified atom stereocenters. The number of hydrogen-bond donors (Lipinski definition) is 0. The van der Waals surface area contributed by atoms with Crippen molar-refractivity contribution in [2.24, 2.45) is 0 Å². The lowest BCUT2D eigenvalue weighted by atomic mass is 9.96. The number of piperazine rings is 1. The molecule has 9 nitrogen and oxygen atoms in total. The van der Waals surface area contributed by atoms with Crippen LogP contribution in [0.25, 0.3) is 0 Å². The Morgan fingerprint density at radius 2 is 1.70 bits per heavy atom. The molecule has 0 amide bonds. The standard InChI is InChI=1S/C17H31N7O2S/c1-14(17-18-19-20-24(17)16-8-9-16)22-10-12-23(13-11-22)27(25,26)21(2)15-6-4-3-5-7-15/h14-16H,3-13H2,1-2H3. The monoisotopic (exact) mass is 397 g/mol. The summed E-state index contributed by atoms with van der Waals surface area (Å²) >= 11 is 0. The summed E-state index contributed by atoms with van der Waals surface area (Å²) in [6.45, 7) is 4.57. The largest absolute Gasteiger partial charge is 0.291 e. The van der Waals surface area contributed by atoms with Gasteiger partial charge < -0.3 is 0 Å². The second-order valence-corrected chi connectivity index (χ2v) is 10.1. The number of nitrogens with zero attached hydrogens (tertiary/aromatic N) is 7. The molecule has 0 N–H and O–H groups in total. The van der Waals surface area contributed by atoms with Gasteiger partial charge in [0.1, 0.15) is 0 Å². The highest BCUT2D eigenvalue weighted by molar-refractivity contribution is 7.86. The van der Waals surface area contributed by atoms with Crippen LogP contribution >= 0.6 is 0 Å². The molecular formula is C17H31N7O2S. The van der Waals surface area contributed by atoms with Crippen molar-refractivity contribution < 1.29 is 8.42 Å². The Bertz CT molecular complexity index is 734. The van der Waals surface area contributed by atoms with Crippen LogP contribution in [0.15, 0.2) is 0 Å². The van der Waals surface area contributed by atoms with Crippen LogP contribution in [0.4, 0.5) is 0 Å². The highest BCUT2D eigenvalue weighted by Gasteiger charge is 2.37. The van der Waals surface area contributed by atoms with Gasteiger partial charge in [-0.25, -0.2) is 4.68 Å². The van der Waals surface area contributed by atoms with Crippen LogP contribution in [0.2, 0.25) is 0 Å². The smallest absolute Gasteiger partial charge is 0.282 e. The lowest BCUT2D eigenvalue weighted by Gasteiger charge is -2.40. The molecular weight excluding hydrogens is 366 g/mol. The molecule has 2 heterocycles. The molecule has 4 rings (SSSR count). The lowest BCUT2D eigenvalue weighted by Crippen LogP contribution is -2.54. The molecule has 1 aromatic heterocycles. The minimum atomic E-state index is -3.38.